The Morgan fingerprint density at radius 3 is 2.70 bits per heavy atom. The third-order valence-corrected chi connectivity index (χ3v) is 5.06. The number of carbonyl (C=O) groups excluding carboxylic acids is 1. The van der Waals surface area contributed by atoms with Gasteiger partial charge < -0.3 is 25.6 Å². The van der Waals surface area contributed by atoms with Gasteiger partial charge in [-0.05, 0) is 6.07 Å². The minimum Gasteiger partial charge on any atom is -0.387 e. The quantitative estimate of drug-likeness (QED) is 0.411. The van der Waals surface area contributed by atoms with Crippen LogP contribution in [-0.2, 0) is 9.53 Å². The molecule has 15 heteroatoms. The number of fused-ring (bicyclic) bond motifs is 1. The standard InChI is InChI=1S/C18H17ClF3N7O4/c1-23-14-9-15(28-13(27-14)7-2-8(19)4-24-3-7)29(6-26-9)17-11(31)10(30)12(33-17)16(32)25-5-18(20,21)22/h2-4,6,10-12,17,30-31H,5H2,1H3,(H,25,32)(H,23,27,28)/t10-,11+,12-,17+/m0/s1. The second-order valence-corrected chi connectivity index (χ2v) is 7.56. The molecule has 1 aliphatic rings. The van der Waals surface area contributed by atoms with Crippen LogP contribution in [0.5, 0.6) is 0 Å². The van der Waals surface area contributed by atoms with Crippen LogP contribution in [-0.4, -0.2) is 78.7 Å². The number of nitrogens with zero attached hydrogens (tertiary/aromatic N) is 5. The SMILES string of the molecule is CNc1nc(-c2cncc(Cl)c2)nc2c1ncn2[C@@H]1O[C@H](C(=O)NCC(F)(F)F)[C@@H](O)[C@H]1O. The van der Waals surface area contributed by atoms with Crippen LogP contribution in [0.4, 0.5) is 19.0 Å². The number of aliphatic hydroxyl groups is 2. The number of halogens is 4. The van der Waals surface area contributed by atoms with E-state index in [1.165, 1.54) is 23.3 Å². The lowest BCUT2D eigenvalue weighted by atomic mass is 10.1. The summed E-state index contributed by atoms with van der Waals surface area (Å²) in [7, 11) is 1.60. The first-order valence-electron chi connectivity index (χ1n) is 9.48. The predicted molar refractivity (Wildman–Crippen MR) is 108 cm³/mol. The lowest BCUT2D eigenvalue weighted by Gasteiger charge is -2.17. The fraction of sp³-hybridized carbons (Fsp3) is 0.389. The number of hydrogen-bond donors (Lipinski definition) is 4. The number of amides is 1. The molecule has 3 aromatic heterocycles. The summed E-state index contributed by atoms with van der Waals surface area (Å²) < 4.78 is 43.9. The Morgan fingerprint density at radius 2 is 2.03 bits per heavy atom. The number of ether oxygens (including phenoxy) is 1. The topological polar surface area (TPSA) is 147 Å². The van der Waals surface area contributed by atoms with Crippen LogP contribution < -0.4 is 10.6 Å². The molecule has 0 unspecified atom stereocenters. The van der Waals surface area contributed by atoms with E-state index < -0.39 is 43.2 Å². The van der Waals surface area contributed by atoms with Crippen molar-refractivity contribution in [2.24, 2.45) is 0 Å². The summed E-state index contributed by atoms with van der Waals surface area (Å²) in [5.41, 5.74) is 0.925. The number of rotatable bonds is 5. The van der Waals surface area contributed by atoms with E-state index in [9.17, 15) is 28.2 Å². The molecule has 0 aromatic carbocycles. The van der Waals surface area contributed by atoms with Crippen molar-refractivity contribution in [3.05, 3.63) is 29.8 Å². The Morgan fingerprint density at radius 1 is 1.27 bits per heavy atom. The monoisotopic (exact) mass is 487 g/mol. The molecule has 1 fully saturated rings. The zero-order chi connectivity index (χ0) is 23.9. The minimum atomic E-state index is -4.65. The lowest BCUT2D eigenvalue weighted by Crippen LogP contribution is -2.45. The molecule has 4 N–H and O–H groups in total. The van der Waals surface area contributed by atoms with Gasteiger partial charge in [-0.3, -0.25) is 14.3 Å². The van der Waals surface area contributed by atoms with Crippen LogP contribution >= 0.6 is 11.6 Å². The van der Waals surface area contributed by atoms with E-state index >= 15 is 0 Å². The fourth-order valence-electron chi connectivity index (χ4n) is 3.33. The van der Waals surface area contributed by atoms with E-state index in [1.807, 2.05) is 0 Å². The van der Waals surface area contributed by atoms with Crippen molar-refractivity contribution in [2.45, 2.75) is 30.7 Å². The van der Waals surface area contributed by atoms with Gasteiger partial charge in [0.1, 0.15) is 18.8 Å². The summed E-state index contributed by atoms with van der Waals surface area (Å²) in [6.45, 7) is -1.61. The number of imidazole rings is 1. The zero-order valence-corrected chi connectivity index (χ0v) is 17.5. The molecule has 1 saturated heterocycles. The first-order chi connectivity index (χ1) is 15.6. The number of alkyl halides is 3. The average molecular weight is 488 g/mol. The van der Waals surface area contributed by atoms with E-state index in [-0.39, 0.29) is 17.0 Å². The highest BCUT2D eigenvalue weighted by Crippen LogP contribution is 2.33. The van der Waals surface area contributed by atoms with Gasteiger partial charge in [0.05, 0.1) is 11.3 Å². The lowest BCUT2D eigenvalue weighted by molar-refractivity contribution is -0.149. The number of hydrogen-bond acceptors (Lipinski definition) is 9. The Balaban J connectivity index is 1.69. The van der Waals surface area contributed by atoms with Crippen molar-refractivity contribution in [3.8, 4) is 11.4 Å². The Labute approximate surface area is 188 Å². The van der Waals surface area contributed by atoms with Gasteiger partial charge in [-0.15, -0.1) is 0 Å². The van der Waals surface area contributed by atoms with Gasteiger partial charge >= 0.3 is 6.18 Å². The van der Waals surface area contributed by atoms with Gasteiger partial charge in [0.15, 0.2) is 35.1 Å². The van der Waals surface area contributed by atoms with Crippen LogP contribution in [0.3, 0.4) is 0 Å². The summed E-state index contributed by atoms with van der Waals surface area (Å²) in [6, 6.07) is 1.58. The maximum Gasteiger partial charge on any atom is 0.405 e. The van der Waals surface area contributed by atoms with E-state index in [2.05, 4.69) is 25.3 Å². The molecular formula is C18H17ClF3N7O4. The fourth-order valence-corrected chi connectivity index (χ4v) is 3.51. The molecule has 4 atom stereocenters. The predicted octanol–water partition coefficient (Wildman–Crippen LogP) is 0.881. The second kappa shape index (κ2) is 8.70. The number of aromatic nitrogens is 5. The molecule has 0 aliphatic carbocycles. The Hall–Kier alpha value is -3.07. The molecule has 1 amide bonds. The highest BCUT2D eigenvalue weighted by atomic mass is 35.5. The van der Waals surface area contributed by atoms with Gasteiger partial charge in [0.25, 0.3) is 5.91 Å². The average Bonchev–Trinajstić information content (AvgIpc) is 3.32. The van der Waals surface area contributed by atoms with Crippen LogP contribution in [0.25, 0.3) is 22.6 Å². The molecular weight excluding hydrogens is 471 g/mol. The minimum absolute atomic E-state index is 0.164. The summed E-state index contributed by atoms with van der Waals surface area (Å²) in [4.78, 5) is 29.1. The zero-order valence-electron chi connectivity index (χ0n) is 16.8. The van der Waals surface area contributed by atoms with Crippen molar-refractivity contribution in [1.29, 1.82) is 0 Å². The van der Waals surface area contributed by atoms with Crippen molar-refractivity contribution in [1.82, 2.24) is 29.8 Å². The third-order valence-electron chi connectivity index (χ3n) is 4.86. The van der Waals surface area contributed by atoms with E-state index in [0.717, 1.165) is 0 Å². The van der Waals surface area contributed by atoms with E-state index in [1.54, 1.807) is 18.4 Å². The third kappa shape index (κ3) is 4.55. The number of carbonyl (C=O) groups is 1. The molecule has 4 heterocycles. The molecule has 11 nitrogen and oxygen atoms in total. The van der Waals surface area contributed by atoms with Crippen molar-refractivity contribution in [3.63, 3.8) is 0 Å². The molecule has 33 heavy (non-hydrogen) atoms. The van der Waals surface area contributed by atoms with E-state index in [4.69, 9.17) is 16.3 Å². The summed E-state index contributed by atoms with van der Waals surface area (Å²) in [5.74, 6) is -0.695. The first-order valence-corrected chi connectivity index (χ1v) is 9.86. The molecule has 0 saturated carbocycles. The Bertz CT molecular complexity index is 1190. The number of nitrogens with one attached hydrogen (secondary N) is 2. The Kier molecular flexibility index (Phi) is 6.09. The molecule has 0 bridgehead atoms. The summed E-state index contributed by atoms with van der Waals surface area (Å²) in [5, 5.41) is 25.6. The van der Waals surface area contributed by atoms with Crippen LogP contribution in [0, 0.1) is 0 Å². The normalized spacial score (nSPS) is 23.1. The van der Waals surface area contributed by atoms with E-state index in [0.29, 0.717) is 16.4 Å². The van der Waals surface area contributed by atoms with Gasteiger partial charge in [0.2, 0.25) is 0 Å². The first kappa shape index (κ1) is 23.1. The number of aliphatic hydroxyl groups excluding tert-OH is 2. The van der Waals surface area contributed by atoms with Gasteiger partial charge in [-0.1, -0.05) is 11.6 Å². The molecule has 0 spiro atoms. The highest BCUT2D eigenvalue weighted by molar-refractivity contribution is 6.30. The largest absolute Gasteiger partial charge is 0.405 e. The smallest absolute Gasteiger partial charge is 0.387 e. The highest BCUT2D eigenvalue weighted by Gasteiger charge is 2.48. The molecule has 176 valence electrons. The van der Waals surface area contributed by atoms with Crippen molar-refractivity contribution < 1.29 is 32.9 Å². The summed E-state index contributed by atoms with van der Waals surface area (Å²) in [6.07, 6.45) is -7.04. The van der Waals surface area contributed by atoms with Crippen LogP contribution in [0.2, 0.25) is 5.02 Å². The number of pyridine rings is 1. The van der Waals surface area contributed by atoms with Crippen LogP contribution in [0.1, 0.15) is 6.23 Å². The summed E-state index contributed by atoms with van der Waals surface area (Å²) >= 11 is 5.99. The van der Waals surface area contributed by atoms with Crippen molar-refractivity contribution in [2.75, 3.05) is 18.9 Å². The van der Waals surface area contributed by atoms with Gasteiger partial charge in [-0.2, -0.15) is 13.2 Å². The number of anilines is 1. The second-order valence-electron chi connectivity index (χ2n) is 7.12. The van der Waals surface area contributed by atoms with Crippen LogP contribution in [0.15, 0.2) is 24.8 Å². The maximum absolute atomic E-state index is 12.4. The van der Waals surface area contributed by atoms with Gasteiger partial charge in [0, 0.05) is 25.0 Å². The molecule has 0 radical (unpaired) electrons. The molecule has 4 rings (SSSR count). The van der Waals surface area contributed by atoms with Gasteiger partial charge in [-0.25, -0.2) is 15.0 Å². The van der Waals surface area contributed by atoms with Crippen molar-refractivity contribution >= 4 is 34.5 Å². The maximum atomic E-state index is 12.4. The molecule has 3 aromatic rings. The molecule has 1 aliphatic heterocycles.